The fourth-order valence-corrected chi connectivity index (χ4v) is 1.56. The molecule has 0 aliphatic rings. The fourth-order valence-electron chi connectivity index (χ4n) is 1.56. The van der Waals surface area contributed by atoms with Gasteiger partial charge in [0.1, 0.15) is 0 Å². The predicted molar refractivity (Wildman–Crippen MR) is 68.2 cm³/mol. The first-order valence-electron chi connectivity index (χ1n) is 5.77. The second kappa shape index (κ2) is 5.98. The van der Waals surface area contributed by atoms with E-state index in [-0.39, 0.29) is 18.1 Å². The van der Waals surface area contributed by atoms with Crippen LogP contribution in [0.5, 0.6) is 12.0 Å². The average molecular weight is 264 g/mol. The molecule has 0 saturated carbocycles. The molecular formula is C11H16N6O2. The Morgan fingerprint density at radius 3 is 2.42 bits per heavy atom. The maximum absolute atomic E-state index is 4.99. The molecule has 19 heavy (non-hydrogen) atoms. The lowest BCUT2D eigenvalue weighted by Crippen LogP contribution is -2.23. The van der Waals surface area contributed by atoms with Gasteiger partial charge in [0, 0.05) is 25.0 Å². The number of imidazole rings is 1. The van der Waals surface area contributed by atoms with Gasteiger partial charge in [0.15, 0.2) is 0 Å². The van der Waals surface area contributed by atoms with E-state index in [1.165, 1.54) is 14.2 Å². The van der Waals surface area contributed by atoms with Gasteiger partial charge in [-0.15, -0.1) is 4.98 Å². The molecule has 8 nitrogen and oxygen atoms in total. The Bertz CT molecular complexity index is 494. The lowest BCUT2D eigenvalue weighted by molar-refractivity contribution is 0.340. The number of nitrogens with one attached hydrogen (secondary N) is 1. The minimum atomic E-state index is 0.117. The summed E-state index contributed by atoms with van der Waals surface area (Å²) in [6, 6.07) is 0.541. The predicted octanol–water partition coefficient (Wildman–Crippen LogP) is 0.586. The van der Waals surface area contributed by atoms with Gasteiger partial charge in [0.2, 0.25) is 5.95 Å². The SMILES string of the molecule is COc1nc(NC(C)Cn2ccnc2)nc(OC)n1. The van der Waals surface area contributed by atoms with Crippen LogP contribution in [-0.2, 0) is 6.54 Å². The van der Waals surface area contributed by atoms with Crippen molar-refractivity contribution in [2.24, 2.45) is 0 Å². The Kier molecular flexibility index (Phi) is 4.11. The first kappa shape index (κ1) is 13.1. The van der Waals surface area contributed by atoms with Crippen LogP contribution >= 0.6 is 0 Å². The molecule has 2 aromatic heterocycles. The van der Waals surface area contributed by atoms with Gasteiger partial charge in [0.25, 0.3) is 0 Å². The molecule has 0 aliphatic carbocycles. The van der Waals surface area contributed by atoms with Gasteiger partial charge in [0.05, 0.1) is 20.5 Å². The van der Waals surface area contributed by atoms with E-state index in [1.807, 2.05) is 17.7 Å². The van der Waals surface area contributed by atoms with Gasteiger partial charge in [-0.25, -0.2) is 4.98 Å². The molecule has 0 radical (unpaired) electrons. The van der Waals surface area contributed by atoms with Gasteiger partial charge in [-0.2, -0.15) is 9.97 Å². The molecule has 0 saturated heterocycles. The third-order valence-corrected chi connectivity index (χ3v) is 2.38. The van der Waals surface area contributed by atoms with Crippen LogP contribution in [0.15, 0.2) is 18.7 Å². The van der Waals surface area contributed by atoms with Gasteiger partial charge >= 0.3 is 12.0 Å². The highest BCUT2D eigenvalue weighted by molar-refractivity contribution is 5.28. The summed E-state index contributed by atoms with van der Waals surface area (Å²) in [4.78, 5) is 16.1. The summed E-state index contributed by atoms with van der Waals surface area (Å²) < 4.78 is 11.9. The summed E-state index contributed by atoms with van der Waals surface area (Å²) in [5, 5.41) is 3.16. The van der Waals surface area contributed by atoms with Crippen LogP contribution in [0.1, 0.15) is 6.92 Å². The van der Waals surface area contributed by atoms with Crippen molar-refractivity contribution in [3.05, 3.63) is 18.7 Å². The topological polar surface area (TPSA) is 87.0 Å². The molecule has 0 spiro atoms. The Labute approximate surface area is 110 Å². The van der Waals surface area contributed by atoms with Crippen LogP contribution in [0.3, 0.4) is 0 Å². The van der Waals surface area contributed by atoms with E-state index in [1.54, 1.807) is 12.5 Å². The van der Waals surface area contributed by atoms with E-state index in [0.29, 0.717) is 5.95 Å². The summed E-state index contributed by atoms with van der Waals surface area (Å²) in [7, 11) is 2.99. The first-order chi connectivity index (χ1) is 9.21. The normalized spacial score (nSPS) is 11.9. The van der Waals surface area contributed by atoms with Crippen molar-refractivity contribution in [1.82, 2.24) is 24.5 Å². The fraction of sp³-hybridized carbons (Fsp3) is 0.455. The largest absolute Gasteiger partial charge is 0.467 e. The van der Waals surface area contributed by atoms with E-state index >= 15 is 0 Å². The van der Waals surface area contributed by atoms with Gasteiger partial charge in [-0.3, -0.25) is 0 Å². The van der Waals surface area contributed by atoms with Crippen LogP contribution in [0.2, 0.25) is 0 Å². The zero-order chi connectivity index (χ0) is 13.7. The van der Waals surface area contributed by atoms with E-state index < -0.39 is 0 Å². The molecule has 2 aromatic rings. The quantitative estimate of drug-likeness (QED) is 0.816. The highest BCUT2D eigenvalue weighted by Crippen LogP contribution is 2.13. The summed E-state index contributed by atoms with van der Waals surface area (Å²) in [6.07, 6.45) is 5.39. The highest BCUT2D eigenvalue weighted by Gasteiger charge is 2.10. The monoisotopic (exact) mass is 264 g/mol. The molecule has 1 atom stereocenters. The van der Waals surface area contributed by atoms with Crippen molar-refractivity contribution >= 4 is 5.95 Å². The van der Waals surface area contributed by atoms with Crippen LogP contribution in [-0.4, -0.2) is 44.8 Å². The zero-order valence-corrected chi connectivity index (χ0v) is 11.1. The standard InChI is InChI=1S/C11H16N6O2/c1-8(6-17-5-4-12-7-17)13-9-14-10(18-2)16-11(15-9)19-3/h4-5,7-8H,6H2,1-3H3,(H,13,14,15,16). The number of anilines is 1. The van der Waals surface area contributed by atoms with Crippen LogP contribution in [0.25, 0.3) is 0 Å². The number of rotatable bonds is 6. The minimum absolute atomic E-state index is 0.117. The second-order valence-corrected chi connectivity index (χ2v) is 3.94. The van der Waals surface area contributed by atoms with Crippen molar-refractivity contribution in [1.29, 1.82) is 0 Å². The van der Waals surface area contributed by atoms with Crippen molar-refractivity contribution in [3.8, 4) is 12.0 Å². The lowest BCUT2D eigenvalue weighted by atomic mass is 10.3. The Balaban J connectivity index is 2.05. The Morgan fingerprint density at radius 1 is 1.21 bits per heavy atom. The number of nitrogens with zero attached hydrogens (tertiary/aromatic N) is 5. The van der Waals surface area contributed by atoms with Gasteiger partial charge < -0.3 is 19.4 Å². The summed E-state index contributed by atoms with van der Waals surface area (Å²) in [5.74, 6) is 0.413. The minimum Gasteiger partial charge on any atom is -0.467 e. The van der Waals surface area contributed by atoms with Crippen molar-refractivity contribution in [3.63, 3.8) is 0 Å². The first-order valence-corrected chi connectivity index (χ1v) is 5.77. The number of aromatic nitrogens is 5. The maximum atomic E-state index is 4.99. The van der Waals surface area contributed by atoms with Crippen LogP contribution in [0.4, 0.5) is 5.95 Å². The molecule has 0 fully saturated rings. The number of hydrogen-bond donors (Lipinski definition) is 1. The van der Waals surface area contributed by atoms with Gasteiger partial charge in [-0.05, 0) is 6.92 Å². The van der Waals surface area contributed by atoms with Crippen LogP contribution < -0.4 is 14.8 Å². The molecule has 8 heteroatoms. The van der Waals surface area contributed by atoms with Crippen LogP contribution in [0, 0.1) is 0 Å². The van der Waals surface area contributed by atoms with E-state index in [9.17, 15) is 0 Å². The van der Waals surface area contributed by atoms with E-state index in [4.69, 9.17) is 9.47 Å². The average Bonchev–Trinajstić information content (AvgIpc) is 2.90. The van der Waals surface area contributed by atoms with E-state index in [2.05, 4.69) is 25.3 Å². The molecule has 0 aliphatic heterocycles. The molecule has 0 aromatic carbocycles. The summed E-state index contributed by atoms with van der Waals surface area (Å²) in [5.41, 5.74) is 0. The van der Waals surface area contributed by atoms with E-state index in [0.717, 1.165) is 6.54 Å². The lowest BCUT2D eigenvalue weighted by Gasteiger charge is -2.14. The molecule has 1 N–H and O–H groups in total. The van der Waals surface area contributed by atoms with Crippen molar-refractivity contribution in [2.45, 2.75) is 19.5 Å². The summed E-state index contributed by atoms with van der Waals surface area (Å²) >= 11 is 0. The molecule has 0 bridgehead atoms. The Hall–Kier alpha value is -2.38. The molecule has 2 heterocycles. The molecule has 2 rings (SSSR count). The number of methoxy groups -OCH3 is 2. The number of hydrogen-bond acceptors (Lipinski definition) is 7. The molecule has 1 unspecified atom stereocenters. The molecule has 102 valence electrons. The molecular weight excluding hydrogens is 248 g/mol. The third-order valence-electron chi connectivity index (χ3n) is 2.38. The summed E-state index contributed by atoms with van der Waals surface area (Å²) in [6.45, 7) is 2.76. The molecule has 0 amide bonds. The van der Waals surface area contributed by atoms with Crippen molar-refractivity contribution < 1.29 is 9.47 Å². The van der Waals surface area contributed by atoms with Gasteiger partial charge in [-0.1, -0.05) is 0 Å². The Morgan fingerprint density at radius 2 is 1.89 bits per heavy atom. The maximum Gasteiger partial charge on any atom is 0.324 e. The zero-order valence-electron chi connectivity index (χ0n) is 11.1. The number of ether oxygens (including phenoxy) is 2. The third kappa shape index (κ3) is 3.54. The highest BCUT2D eigenvalue weighted by atomic mass is 16.5. The van der Waals surface area contributed by atoms with Crippen molar-refractivity contribution in [2.75, 3.05) is 19.5 Å². The second-order valence-electron chi connectivity index (χ2n) is 3.94. The smallest absolute Gasteiger partial charge is 0.324 e.